The van der Waals surface area contributed by atoms with Crippen molar-refractivity contribution in [2.45, 2.75) is 19.4 Å². The van der Waals surface area contributed by atoms with Crippen LogP contribution >= 0.6 is 0 Å². The molecule has 1 aliphatic rings. The minimum Gasteiger partial charge on any atom is -0.396 e. The number of aliphatic hydroxyl groups is 1. The number of pyridine rings is 1. The number of aryl methyl sites for hydroxylation is 1. The van der Waals surface area contributed by atoms with Gasteiger partial charge in [-0.25, -0.2) is 0 Å². The van der Waals surface area contributed by atoms with Crippen LogP contribution in [0.5, 0.6) is 0 Å². The normalized spacial score (nSPS) is 20.5. The first-order valence-corrected chi connectivity index (χ1v) is 9.08. The monoisotopic (exact) mass is 348 g/mol. The molecule has 1 saturated heterocycles. The number of hydrogen-bond donors (Lipinski definition) is 2. The molecule has 2 N–H and O–H groups in total. The Morgan fingerprint density at radius 1 is 1.15 bits per heavy atom. The zero-order valence-corrected chi connectivity index (χ0v) is 15.0. The van der Waals surface area contributed by atoms with Crippen molar-refractivity contribution in [1.82, 2.24) is 20.1 Å². The highest BCUT2D eigenvalue weighted by atomic mass is 16.3. The highest BCUT2D eigenvalue weighted by molar-refractivity contribution is 5.62. The summed E-state index contributed by atoms with van der Waals surface area (Å²) in [7, 11) is 0. The molecule has 5 heteroatoms. The van der Waals surface area contributed by atoms with Gasteiger partial charge in [-0.15, -0.1) is 0 Å². The number of aliphatic hydroxyl groups excluding tert-OH is 1. The Hall–Kier alpha value is -2.50. The number of hydrogen-bond acceptors (Lipinski definition) is 4. The van der Waals surface area contributed by atoms with Crippen LogP contribution in [0.25, 0.3) is 11.3 Å². The van der Waals surface area contributed by atoms with Crippen molar-refractivity contribution < 1.29 is 5.11 Å². The summed E-state index contributed by atoms with van der Waals surface area (Å²) in [5.74, 6) is 0.496. The Labute approximate surface area is 153 Å². The van der Waals surface area contributed by atoms with E-state index in [1.807, 2.05) is 24.5 Å². The fourth-order valence-corrected chi connectivity index (χ4v) is 3.85. The summed E-state index contributed by atoms with van der Waals surface area (Å²) in [5, 5.41) is 17.2. The van der Waals surface area contributed by atoms with Crippen LogP contribution in [-0.2, 0) is 6.54 Å². The third-order valence-corrected chi connectivity index (χ3v) is 5.27. The zero-order chi connectivity index (χ0) is 17.9. The molecule has 0 radical (unpaired) electrons. The molecule has 0 unspecified atom stereocenters. The van der Waals surface area contributed by atoms with Gasteiger partial charge in [-0.05, 0) is 24.6 Å². The van der Waals surface area contributed by atoms with Gasteiger partial charge in [0, 0.05) is 55.5 Å². The van der Waals surface area contributed by atoms with Crippen LogP contribution in [0, 0.1) is 12.8 Å². The van der Waals surface area contributed by atoms with E-state index in [-0.39, 0.29) is 18.4 Å². The minimum absolute atomic E-state index is 0.188. The summed E-state index contributed by atoms with van der Waals surface area (Å²) in [6, 6.07) is 14.5. The number of likely N-dealkylation sites (tertiary alicyclic amines) is 1. The third-order valence-electron chi connectivity index (χ3n) is 5.27. The zero-order valence-electron chi connectivity index (χ0n) is 15.0. The maximum atomic E-state index is 9.83. The van der Waals surface area contributed by atoms with E-state index in [1.165, 1.54) is 11.1 Å². The van der Waals surface area contributed by atoms with Crippen molar-refractivity contribution in [1.29, 1.82) is 0 Å². The van der Waals surface area contributed by atoms with Gasteiger partial charge >= 0.3 is 0 Å². The largest absolute Gasteiger partial charge is 0.396 e. The molecule has 0 aliphatic carbocycles. The van der Waals surface area contributed by atoms with Gasteiger partial charge in [0.2, 0.25) is 0 Å². The van der Waals surface area contributed by atoms with E-state index >= 15 is 0 Å². The van der Waals surface area contributed by atoms with Gasteiger partial charge in [0.15, 0.2) is 0 Å². The second-order valence-corrected chi connectivity index (χ2v) is 7.13. The van der Waals surface area contributed by atoms with Gasteiger partial charge in [0.05, 0.1) is 11.9 Å². The molecule has 0 bridgehead atoms. The summed E-state index contributed by atoms with van der Waals surface area (Å²) in [6.07, 6.45) is 3.75. The number of rotatable bonds is 5. The summed E-state index contributed by atoms with van der Waals surface area (Å²) >= 11 is 0. The van der Waals surface area contributed by atoms with E-state index in [1.54, 1.807) is 0 Å². The first-order valence-electron chi connectivity index (χ1n) is 9.08. The van der Waals surface area contributed by atoms with Gasteiger partial charge in [0.25, 0.3) is 0 Å². The predicted octanol–water partition coefficient (Wildman–Crippen LogP) is 2.99. The number of aromatic nitrogens is 3. The fourth-order valence-electron chi connectivity index (χ4n) is 3.85. The van der Waals surface area contributed by atoms with Crippen molar-refractivity contribution >= 4 is 0 Å². The molecule has 1 fully saturated rings. The minimum atomic E-state index is 0.188. The smallest absolute Gasteiger partial charge is 0.0695 e. The van der Waals surface area contributed by atoms with Gasteiger partial charge in [0.1, 0.15) is 0 Å². The van der Waals surface area contributed by atoms with Crippen molar-refractivity contribution in [3.8, 4) is 11.3 Å². The van der Waals surface area contributed by atoms with E-state index in [0.717, 1.165) is 36.6 Å². The van der Waals surface area contributed by atoms with Gasteiger partial charge in [-0.2, -0.15) is 5.10 Å². The SMILES string of the molecule is Cc1ccc(-c2[nH]ncc2CN2C[C@@H](CO)[C@H](c3ccccn3)C2)cc1. The maximum Gasteiger partial charge on any atom is 0.0695 e. The predicted molar refractivity (Wildman–Crippen MR) is 102 cm³/mol. The Morgan fingerprint density at radius 2 is 2.00 bits per heavy atom. The van der Waals surface area contributed by atoms with E-state index in [9.17, 15) is 5.11 Å². The molecule has 134 valence electrons. The third kappa shape index (κ3) is 3.41. The molecule has 1 aliphatic heterocycles. The molecule has 0 saturated carbocycles. The lowest BCUT2D eigenvalue weighted by Crippen LogP contribution is -2.21. The number of nitrogens with zero attached hydrogens (tertiary/aromatic N) is 3. The molecule has 0 spiro atoms. The van der Waals surface area contributed by atoms with Crippen LogP contribution in [-0.4, -0.2) is 44.9 Å². The maximum absolute atomic E-state index is 9.83. The number of H-pyrrole nitrogens is 1. The summed E-state index contributed by atoms with van der Waals surface area (Å²) in [5.41, 5.74) is 5.74. The Bertz CT molecular complexity index is 844. The molecule has 26 heavy (non-hydrogen) atoms. The summed E-state index contributed by atoms with van der Waals surface area (Å²) < 4.78 is 0. The average molecular weight is 348 g/mol. The molecule has 2 atom stereocenters. The van der Waals surface area contributed by atoms with Crippen molar-refractivity contribution in [3.63, 3.8) is 0 Å². The van der Waals surface area contributed by atoms with E-state index in [4.69, 9.17) is 0 Å². The first-order chi connectivity index (χ1) is 12.7. The molecule has 3 heterocycles. The molecule has 2 aromatic heterocycles. The Balaban J connectivity index is 1.52. The second-order valence-electron chi connectivity index (χ2n) is 7.13. The quantitative estimate of drug-likeness (QED) is 0.744. The standard InChI is InChI=1S/C21H24N4O/c1-15-5-7-16(8-6-15)21-17(10-23-24-21)11-25-12-18(14-26)19(13-25)20-4-2-3-9-22-20/h2-10,18-19,26H,11-14H2,1H3,(H,23,24)/t18-,19+/m0/s1. The Kier molecular flexibility index (Phi) is 4.82. The van der Waals surface area contributed by atoms with Crippen LogP contribution in [0.1, 0.15) is 22.7 Å². The van der Waals surface area contributed by atoms with E-state index < -0.39 is 0 Å². The van der Waals surface area contributed by atoms with Crippen molar-refractivity contribution in [2.75, 3.05) is 19.7 Å². The van der Waals surface area contributed by atoms with E-state index in [0.29, 0.717) is 0 Å². The molecular weight excluding hydrogens is 324 g/mol. The molecule has 0 amide bonds. The lowest BCUT2D eigenvalue weighted by atomic mass is 9.93. The molecule has 3 aromatic rings. The molecule has 5 nitrogen and oxygen atoms in total. The average Bonchev–Trinajstić information content (AvgIpc) is 3.30. The molecular formula is C21H24N4O. The lowest BCUT2D eigenvalue weighted by molar-refractivity contribution is 0.213. The molecule has 4 rings (SSSR count). The molecule has 1 aromatic carbocycles. The van der Waals surface area contributed by atoms with Crippen LogP contribution < -0.4 is 0 Å². The number of aromatic amines is 1. The number of benzene rings is 1. The number of nitrogens with one attached hydrogen (secondary N) is 1. The van der Waals surface area contributed by atoms with Gasteiger partial charge < -0.3 is 5.11 Å². The van der Waals surface area contributed by atoms with Crippen LogP contribution in [0.15, 0.2) is 54.9 Å². The highest BCUT2D eigenvalue weighted by Gasteiger charge is 2.34. The topological polar surface area (TPSA) is 65.0 Å². The Morgan fingerprint density at radius 3 is 2.73 bits per heavy atom. The fraction of sp³-hybridized carbons (Fsp3) is 0.333. The van der Waals surface area contributed by atoms with Crippen molar-refractivity contribution in [2.24, 2.45) is 5.92 Å². The lowest BCUT2D eigenvalue weighted by Gasteiger charge is -2.16. The van der Waals surface area contributed by atoms with E-state index in [2.05, 4.69) is 57.3 Å². The van der Waals surface area contributed by atoms with Crippen LogP contribution in [0.2, 0.25) is 0 Å². The van der Waals surface area contributed by atoms with Crippen molar-refractivity contribution in [3.05, 3.63) is 71.7 Å². The van der Waals surface area contributed by atoms with Gasteiger partial charge in [-0.1, -0.05) is 35.9 Å². The summed E-state index contributed by atoms with van der Waals surface area (Å²) in [4.78, 5) is 6.90. The highest BCUT2D eigenvalue weighted by Crippen LogP contribution is 2.33. The van der Waals surface area contributed by atoms with Crippen LogP contribution in [0.3, 0.4) is 0 Å². The first kappa shape index (κ1) is 16.9. The van der Waals surface area contributed by atoms with Crippen LogP contribution in [0.4, 0.5) is 0 Å². The summed E-state index contributed by atoms with van der Waals surface area (Å²) in [6.45, 7) is 4.87. The van der Waals surface area contributed by atoms with Gasteiger partial charge in [-0.3, -0.25) is 15.0 Å². The second kappa shape index (κ2) is 7.40.